The first-order valence-electron chi connectivity index (χ1n) is 18.2. The average Bonchev–Trinajstić information content (AvgIpc) is 3.79. The molecule has 0 atom stereocenters. The molecule has 0 radical (unpaired) electrons. The van der Waals surface area contributed by atoms with E-state index in [0.717, 1.165) is 44.3 Å². The number of hydrogen-bond acceptors (Lipinski definition) is 3. The number of nitrogens with zero attached hydrogens (tertiary/aromatic N) is 3. The van der Waals surface area contributed by atoms with Crippen LogP contribution < -0.4 is 0 Å². The van der Waals surface area contributed by atoms with Crippen molar-refractivity contribution in [1.29, 1.82) is 0 Å². The highest BCUT2D eigenvalue weighted by Gasteiger charge is 2.20. The molecule has 0 saturated heterocycles. The van der Waals surface area contributed by atoms with Crippen molar-refractivity contribution in [3.63, 3.8) is 0 Å². The summed E-state index contributed by atoms with van der Waals surface area (Å²) in [6.07, 6.45) is 0. The van der Waals surface area contributed by atoms with Crippen molar-refractivity contribution in [2.24, 2.45) is 0 Å². The third-order valence-corrected chi connectivity index (χ3v) is 11.8. The second-order valence-corrected chi connectivity index (χ2v) is 14.9. The van der Waals surface area contributed by atoms with Crippen LogP contribution in [0.3, 0.4) is 0 Å². The van der Waals surface area contributed by atoms with Crippen molar-refractivity contribution in [3.05, 3.63) is 188 Å². The molecule has 0 bridgehead atoms. The van der Waals surface area contributed by atoms with Gasteiger partial charge in [0.2, 0.25) is 5.95 Å². The van der Waals surface area contributed by atoms with Gasteiger partial charge < -0.3 is 0 Å². The second-order valence-electron chi connectivity index (χ2n) is 13.8. The Bertz CT molecular complexity index is 3230. The van der Waals surface area contributed by atoms with Gasteiger partial charge in [-0.2, -0.15) is 0 Å². The van der Waals surface area contributed by atoms with E-state index in [2.05, 4.69) is 180 Å². The monoisotopic (exact) mass is 705 g/mol. The fraction of sp³-hybridized carbons (Fsp3) is 0. The first-order chi connectivity index (χ1) is 26.8. The summed E-state index contributed by atoms with van der Waals surface area (Å²) in [7, 11) is 0. The van der Waals surface area contributed by atoms with Gasteiger partial charge in [0.15, 0.2) is 0 Å². The normalized spacial score (nSPS) is 11.7. The molecular weight excluding hydrogens is 675 g/mol. The highest BCUT2D eigenvalue weighted by molar-refractivity contribution is 7.25. The molecule has 11 aromatic rings. The van der Waals surface area contributed by atoms with Gasteiger partial charge in [0.1, 0.15) is 0 Å². The molecule has 0 aliphatic carbocycles. The van der Waals surface area contributed by atoms with Gasteiger partial charge in [-0.25, -0.2) is 9.97 Å². The maximum atomic E-state index is 5.34. The van der Waals surface area contributed by atoms with Crippen LogP contribution in [0.2, 0.25) is 0 Å². The van der Waals surface area contributed by atoms with Crippen molar-refractivity contribution >= 4 is 64.2 Å². The largest absolute Gasteiger partial charge is 0.277 e. The first-order valence-corrected chi connectivity index (χ1v) is 19.1. The lowest BCUT2D eigenvalue weighted by atomic mass is 9.95. The van der Waals surface area contributed by atoms with Gasteiger partial charge in [0.05, 0.1) is 22.2 Å². The highest BCUT2D eigenvalue weighted by atomic mass is 32.1. The third-order valence-electron chi connectivity index (χ3n) is 10.6. The Balaban J connectivity index is 1.08. The predicted molar refractivity (Wildman–Crippen MR) is 229 cm³/mol. The Morgan fingerprint density at radius 2 is 0.963 bits per heavy atom. The second kappa shape index (κ2) is 12.4. The Kier molecular flexibility index (Phi) is 7.04. The van der Waals surface area contributed by atoms with E-state index in [1.807, 2.05) is 23.5 Å². The topological polar surface area (TPSA) is 30.7 Å². The number of thiophene rings is 1. The quantitative estimate of drug-likeness (QED) is 0.178. The van der Waals surface area contributed by atoms with Crippen LogP contribution in [0.25, 0.3) is 103 Å². The number of hydrogen-bond donors (Lipinski definition) is 0. The van der Waals surface area contributed by atoms with Crippen LogP contribution in [-0.4, -0.2) is 14.5 Å². The Hall–Kier alpha value is -6.88. The molecule has 54 heavy (non-hydrogen) atoms. The molecule has 0 aliphatic heterocycles. The molecule has 0 unspecified atom stereocenters. The van der Waals surface area contributed by atoms with E-state index in [4.69, 9.17) is 9.97 Å². The van der Waals surface area contributed by atoms with Crippen LogP contribution in [0.5, 0.6) is 0 Å². The van der Waals surface area contributed by atoms with Crippen LogP contribution >= 0.6 is 11.3 Å². The van der Waals surface area contributed by atoms with Gasteiger partial charge in [-0.15, -0.1) is 11.3 Å². The summed E-state index contributed by atoms with van der Waals surface area (Å²) in [6.45, 7) is 0. The van der Waals surface area contributed by atoms with E-state index < -0.39 is 0 Å². The van der Waals surface area contributed by atoms with Crippen molar-refractivity contribution in [1.82, 2.24) is 14.5 Å². The molecule has 0 saturated carbocycles. The molecule has 3 nitrogen and oxygen atoms in total. The van der Waals surface area contributed by atoms with Gasteiger partial charge in [0.25, 0.3) is 0 Å². The van der Waals surface area contributed by atoms with Crippen molar-refractivity contribution in [2.45, 2.75) is 0 Å². The minimum atomic E-state index is 0.658. The molecule has 0 amide bonds. The maximum absolute atomic E-state index is 5.34. The molecule has 0 fully saturated rings. The maximum Gasteiger partial charge on any atom is 0.235 e. The van der Waals surface area contributed by atoms with Gasteiger partial charge in [-0.1, -0.05) is 146 Å². The summed E-state index contributed by atoms with van der Waals surface area (Å²) in [6, 6.07) is 67.4. The van der Waals surface area contributed by atoms with Crippen LogP contribution in [0, 0.1) is 0 Å². The predicted octanol–water partition coefficient (Wildman–Crippen LogP) is 13.8. The van der Waals surface area contributed by atoms with Gasteiger partial charge in [-0.3, -0.25) is 4.57 Å². The fourth-order valence-electron chi connectivity index (χ4n) is 8.09. The standard InChI is InChI=1S/C50H31N3S/c1-2-13-32(14-3-1)48-42-21-4-7-24-44(42)51-50(52-48)53-45-25-8-5-19-39(45)41-23-12-22-38(49(41)53)37-18-11-17-35(30-37)33-15-10-16-34(29-33)36-27-28-47-43(31-36)40-20-6-9-26-46(40)54-47/h1-31H. The first kappa shape index (κ1) is 30.7. The number of benzene rings is 8. The molecule has 0 spiro atoms. The van der Waals surface area contributed by atoms with E-state index in [9.17, 15) is 0 Å². The summed E-state index contributed by atoms with van der Waals surface area (Å²) in [5.74, 6) is 0.658. The number of aromatic nitrogens is 3. The van der Waals surface area contributed by atoms with Crippen LogP contribution in [-0.2, 0) is 0 Å². The molecule has 3 aromatic heterocycles. The van der Waals surface area contributed by atoms with E-state index in [0.29, 0.717) is 5.95 Å². The zero-order chi connectivity index (χ0) is 35.6. The Labute approximate surface area is 316 Å². The average molecular weight is 706 g/mol. The van der Waals surface area contributed by atoms with Crippen molar-refractivity contribution in [3.8, 4) is 50.6 Å². The Morgan fingerprint density at radius 3 is 1.80 bits per heavy atom. The van der Waals surface area contributed by atoms with E-state index in [-0.39, 0.29) is 0 Å². The minimum absolute atomic E-state index is 0.658. The summed E-state index contributed by atoms with van der Waals surface area (Å²) in [5.41, 5.74) is 12.1. The highest BCUT2D eigenvalue weighted by Crippen LogP contribution is 2.41. The number of rotatable bonds is 5. The zero-order valence-electron chi connectivity index (χ0n) is 29.1. The molecule has 252 valence electrons. The van der Waals surface area contributed by atoms with E-state index in [1.165, 1.54) is 53.2 Å². The van der Waals surface area contributed by atoms with E-state index in [1.54, 1.807) is 0 Å². The minimum Gasteiger partial charge on any atom is -0.277 e. The lowest BCUT2D eigenvalue weighted by Crippen LogP contribution is -2.04. The van der Waals surface area contributed by atoms with Crippen LogP contribution in [0.1, 0.15) is 0 Å². The van der Waals surface area contributed by atoms with Gasteiger partial charge in [-0.05, 0) is 70.3 Å². The SMILES string of the molecule is c1ccc(-c2nc(-n3c4ccccc4c4cccc(-c5cccc(-c6cccc(-c7ccc8sc9ccccc9c8c7)c6)c5)c43)nc3ccccc23)cc1. The van der Waals surface area contributed by atoms with E-state index >= 15 is 0 Å². The molecule has 3 heterocycles. The van der Waals surface area contributed by atoms with Gasteiger partial charge >= 0.3 is 0 Å². The van der Waals surface area contributed by atoms with Crippen molar-refractivity contribution in [2.75, 3.05) is 0 Å². The molecule has 0 aliphatic rings. The summed E-state index contributed by atoms with van der Waals surface area (Å²) >= 11 is 1.86. The smallest absolute Gasteiger partial charge is 0.235 e. The molecule has 0 N–H and O–H groups in total. The summed E-state index contributed by atoms with van der Waals surface area (Å²) < 4.78 is 4.91. The van der Waals surface area contributed by atoms with Crippen molar-refractivity contribution < 1.29 is 0 Å². The summed E-state index contributed by atoms with van der Waals surface area (Å²) in [4.78, 5) is 10.6. The molecule has 4 heteroatoms. The van der Waals surface area contributed by atoms with Crippen LogP contribution in [0.4, 0.5) is 0 Å². The lowest BCUT2D eigenvalue weighted by Gasteiger charge is -2.14. The summed E-state index contributed by atoms with van der Waals surface area (Å²) in [5, 5.41) is 6.01. The molecular formula is C50H31N3S. The third kappa shape index (κ3) is 4.96. The van der Waals surface area contributed by atoms with Crippen LogP contribution in [0.15, 0.2) is 188 Å². The lowest BCUT2D eigenvalue weighted by molar-refractivity contribution is 1.01. The zero-order valence-corrected chi connectivity index (χ0v) is 30.0. The Morgan fingerprint density at radius 1 is 0.370 bits per heavy atom. The molecule has 8 aromatic carbocycles. The van der Waals surface area contributed by atoms with Gasteiger partial charge in [0, 0.05) is 47.5 Å². The number of para-hydroxylation sites is 3. The fourth-order valence-corrected chi connectivity index (χ4v) is 9.18. The number of fused-ring (bicyclic) bond motifs is 7. The molecule has 11 rings (SSSR count).